The highest BCUT2D eigenvalue weighted by atomic mass is 16.3. The highest BCUT2D eigenvalue weighted by Gasteiger charge is 2.44. The summed E-state index contributed by atoms with van der Waals surface area (Å²) in [5.41, 5.74) is 0. The number of carbonyl (C=O) groups is 6. The molecule has 2 rings (SSSR count). The lowest BCUT2D eigenvalue weighted by molar-refractivity contribution is -0.149. The number of rotatable bonds is 12. The molecule has 2 fully saturated rings. The smallest absolute Gasteiger partial charge is 0.248 e. The van der Waals surface area contributed by atoms with Crippen LogP contribution in [0, 0.1) is 5.92 Å². The fourth-order valence-electron chi connectivity index (χ4n) is 5.11. The maximum Gasteiger partial charge on any atom is 0.248 e. The van der Waals surface area contributed by atoms with Crippen LogP contribution in [0.5, 0.6) is 0 Å². The van der Waals surface area contributed by atoms with E-state index >= 15 is 0 Å². The molecule has 2 aliphatic heterocycles. The molecule has 0 aromatic heterocycles. The van der Waals surface area contributed by atoms with Gasteiger partial charge in [-0.05, 0) is 53.4 Å². The topological polar surface area (TPSA) is 173 Å². The Balaban J connectivity index is 2.15. The zero-order chi connectivity index (χ0) is 28.7. The van der Waals surface area contributed by atoms with Crippen LogP contribution in [0.2, 0.25) is 0 Å². The van der Waals surface area contributed by atoms with Gasteiger partial charge in [0.2, 0.25) is 23.6 Å². The second kappa shape index (κ2) is 13.8. The Hall–Kier alpha value is -2.86. The van der Waals surface area contributed by atoms with E-state index in [0.29, 0.717) is 32.2 Å². The molecule has 0 bridgehead atoms. The Morgan fingerprint density at radius 3 is 1.97 bits per heavy atom. The molecule has 2 aliphatic rings. The first-order chi connectivity index (χ1) is 17.8. The van der Waals surface area contributed by atoms with Crippen LogP contribution in [0.1, 0.15) is 73.1 Å². The highest BCUT2D eigenvalue weighted by Crippen LogP contribution is 2.27. The van der Waals surface area contributed by atoms with Crippen LogP contribution in [0.4, 0.5) is 0 Å². The molecule has 4 amide bonds. The third kappa shape index (κ3) is 7.59. The lowest BCUT2D eigenvalue weighted by Crippen LogP contribution is -2.59. The molecule has 0 spiro atoms. The number of hydrogen-bond donors (Lipinski definition) is 4. The molecule has 12 nitrogen and oxygen atoms in total. The molecule has 214 valence electrons. The predicted octanol–water partition coefficient (Wildman–Crippen LogP) is -0.706. The standard InChI is InChI=1S/C26H42N4O8/c1-6-22(35)27-14(2)24(36)28-23(17(5)33)26(38)30-12-8-10-20(30)25(37)29-11-7-9-19(29)21(34)13-18(15(3)31)16(4)32/h14-15,17-20,23,31,33H,6-13H2,1-5H3,(H,27,35)(H,28,36)/t14-,15-,17-,18+,19+,20+,23+/m1/s1. The van der Waals surface area contributed by atoms with Crippen LogP contribution in [0.15, 0.2) is 0 Å². The van der Waals surface area contributed by atoms with E-state index in [-0.39, 0.29) is 42.8 Å². The van der Waals surface area contributed by atoms with Crippen molar-refractivity contribution in [2.24, 2.45) is 5.92 Å². The van der Waals surface area contributed by atoms with Gasteiger partial charge in [-0.2, -0.15) is 0 Å². The van der Waals surface area contributed by atoms with E-state index in [1.54, 1.807) is 6.92 Å². The number of nitrogens with one attached hydrogen (secondary N) is 2. The molecule has 7 atom stereocenters. The van der Waals surface area contributed by atoms with Crippen molar-refractivity contribution in [3.63, 3.8) is 0 Å². The Labute approximate surface area is 223 Å². The Bertz CT molecular complexity index is 921. The van der Waals surface area contributed by atoms with Gasteiger partial charge in [0.15, 0.2) is 5.78 Å². The Morgan fingerprint density at radius 2 is 1.45 bits per heavy atom. The van der Waals surface area contributed by atoms with Crippen LogP contribution in [-0.2, 0) is 28.8 Å². The van der Waals surface area contributed by atoms with Crippen LogP contribution in [0.25, 0.3) is 0 Å². The van der Waals surface area contributed by atoms with Crippen LogP contribution in [-0.4, -0.2) is 105 Å². The van der Waals surface area contributed by atoms with Gasteiger partial charge in [-0.25, -0.2) is 0 Å². The summed E-state index contributed by atoms with van der Waals surface area (Å²) in [6.07, 6.45) is -0.307. The third-order valence-corrected chi connectivity index (χ3v) is 7.39. The Kier molecular flexibility index (Phi) is 11.4. The molecule has 0 unspecified atom stereocenters. The van der Waals surface area contributed by atoms with Gasteiger partial charge < -0.3 is 30.6 Å². The molecule has 4 N–H and O–H groups in total. The number of carbonyl (C=O) groups excluding carboxylic acids is 6. The maximum absolute atomic E-state index is 13.6. The molecule has 2 heterocycles. The van der Waals surface area contributed by atoms with E-state index < -0.39 is 54.1 Å². The molecule has 0 aromatic carbocycles. The number of aliphatic hydroxyl groups excluding tert-OH is 2. The fourth-order valence-corrected chi connectivity index (χ4v) is 5.11. The molecular weight excluding hydrogens is 496 g/mol. The van der Waals surface area contributed by atoms with Gasteiger partial charge in [-0.15, -0.1) is 0 Å². The van der Waals surface area contributed by atoms with Gasteiger partial charge in [0.1, 0.15) is 23.9 Å². The number of amides is 4. The number of aliphatic hydroxyl groups is 2. The summed E-state index contributed by atoms with van der Waals surface area (Å²) in [6.45, 7) is 7.81. The van der Waals surface area contributed by atoms with Gasteiger partial charge in [0.25, 0.3) is 0 Å². The SMILES string of the molecule is CCC(=O)N[C@H](C)C(=O)N[C@H](C(=O)N1CCC[C@H]1C(=O)N1CCC[C@H]1C(=O)C[C@H](C(C)=O)[C@@H](C)O)[C@@H](C)O. The predicted molar refractivity (Wildman–Crippen MR) is 136 cm³/mol. The third-order valence-electron chi connectivity index (χ3n) is 7.39. The summed E-state index contributed by atoms with van der Waals surface area (Å²) in [5.74, 6) is -3.43. The van der Waals surface area contributed by atoms with E-state index in [2.05, 4.69) is 10.6 Å². The number of Topliss-reactive ketones (excluding diaryl/α,β-unsaturated/α-hetero) is 2. The number of likely N-dealkylation sites (tertiary alicyclic amines) is 2. The number of hydrogen-bond acceptors (Lipinski definition) is 8. The molecule has 0 saturated carbocycles. The summed E-state index contributed by atoms with van der Waals surface area (Å²) in [5, 5.41) is 25.2. The largest absolute Gasteiger partial charge is 0.393 e. The van der Waals surface area contributed by atoms with Gasteiger partial charge in [0, 0.05) is 31.8 Å². The molecule has 0 radical (unpaired) electrons. The van der Waals surface area contributed by atoms with Crippen molar-refractivity contribution in [3.05, 3.63) is 0 Å². The zero-order valence-electron chi connectivity index (χ0n) is 22.9. The maximum atomic E-state index is 13.6. The minimum absolute atomic E-state index is 0.169. The minimum atomic E-state index is -1.32. The fraction of sp³-hybridized carbons (Fsp3) is 0.769. The molecule has 2 saturated heterocycles. The minimum Gasteiger partial charge on any atom is -0.393 e. The summed E-state index contributed by atoms with van der Waals surface area (Å²) in [6, 6.07) is -3.85. The van der Waals surface area contributed by atoms with Gasteiger partial charge in [-0.3, -0.25) is 28.8 Å². The van der Waals surface area contributed by atoms with Crippen molar-refractivity contribution < 1.29 is 39.0 Å². The number of ketones is 2. The van der Waals surface area contributed by atoms with Crippen LogP contribution < -0.4 is 10.6 Å². The summed E-state index contributed by atoms with van der Waals surface area (Å²) < 4.78 is 0. The first-order valence-corrected chi connectivity index (χ1v) is 13.4. The molecule has 0 aromatic rings. The normalized spacial score (nSPS) is 23.2. The van der Waals surface area contributed by atoms with Gasteiger partial charge >= 0.3 is 0 Å². The second-order valence-corrected chi connectivity index (χ2v) is 10.4. The lowest BCUT2D eigenvalue weighted by atomic mass is 9.90. The molecule has 12 heteroatoms. The summed E-state index contributed by atoms with van der Waals surface area (Å²) >= 11 is 0. The van der Waals surface area contributed by atoms with Crippen molar-refractivity contribution in [2.45, 2.75) is 110 Å². The average Bonchev–Trinajstić information content (AvgIpc) is 3.54. The van der Waals surface area contributed by atoms with Crippen molar-refractivity contribution in [1.82, 2.24) is 20.4 Å². The van der Waals surface area contributed by atoms with Crippen LogP contribution in [0.3, 0.4) is 0 Å². The first-order valence-electron chi connectivity index (χ1n) is 13.4. The molecular formula is C26H42N4O8. The van der Waals surface area contributed by atoms with Gasteiger partial charge in [0.05, 0.1) is 18.2 Å². The second-order valence-electron chi connectivity index (χ2n) is 10.4. The highest BCUT2D eigenvalue weighted by molar-refractivity contribution is 5.97. The van der Waals surface area contributed by atoms with Crippen molar-refractivity contribution in [2.75, 3.05) is 13.1 Å². The van der Waals surface area contributed by atoms with Gasteiger partial charge in [-0.1, -0.05) is 6.92 Å². The van der Waals surface area contributed by atoms with Crippen molar-refractivity contribution in [1.29, 1.82) is 0 Å². The van der Waals surface area contributed by atoms with Crippen molar-refractivity contribution in [3.8, 4) is 0 Å². The molecule has 38 heavy (non-hydrogen) atoms. The first kappa shape index (κ1) is 31.4. The summed E-state index contributed by atoms with van der Waals surface area (Å²) in [7, 11) is 0. The van der Waals surface area contributed by atoms with E-state index in [1.807, 2.05) is 0 Å². The van der Waals surface area contributed by atoms with E-state index in [0.717, 1.165) is 0 Å². The van der Waals surface area contributed by atoms with E-state index in [9.17, 15) is 39.0 Å². The van der Waals surface area contributed by atoms with Crippen LogP contribution >= 0.6 is 0 Å². The quantitative estimate of drug-likeness (QED) is 0.252. The van der Waals surface area contributed by atoms with E-state index in [1.165, 1.54) is 37.5 Å². The number of nitrogens with zero attached hydrogens (tertiary/aromatic N) is 2. The van der Waals surface area contributed by atoms with Crippen molar-refractivity contribution >= 4 is 35.2 Å². The monoisotopic (exact) mass is 538 g/mol. The van der Waals surface area contributed by atoms with E-state index in [4.69, 9.17) is 0 Å². The summed E-state index contributed by atoms with van der Waals surface area (Å²) in [4.78, 5) is 78.9. The Morgan fingerprint density at radius 1 is 0.868 bits per heavy atom. The lowest BCUT2D eigenvalue weighted by Gasteiger charge is -2.34. The molecule has 0 aliphatic carbocycles. The average molecular weight is 539 g/mol. The zero-order valence-corrected chi connectivity index (χ0v) is 22.9.